The third-order valence-electron chi connectivity index (χ3n) is 1.43. The average Bonchev–Trinajstić information content (AvgIpc) is 2.09. The Morgan fingerprint density at radius 2 is 2.15 bits per heavy atom. The fourth-order valence-corrected chi connectivity index (χ4v) is 0.826. The van der Waals surface area contributed by atoms with Crippen molar-refractivity contribution in [1.82, 2.24) is 5.32 Å². The summed E-state index contributed by atoms with van der Waals surface area (Å²) in [6.07, 6.45) is 0.948. The molecule has 13 heavy (non-hydrogen) atoms. The number of nitrogens with one attached hydrogen (secondary N) is 1. The summed E-state index contributed by atoms with van der Waals surface area (Å²) in [7, 11) is 0. The number of ether oxygens (including phenoxy) is 1. The zero-order valence-electron chi connectivity index (χ0n) is 8.25. The Morgan fingerprint density at radius 3 is 2.77 bits per heavy atom. The molecule has 5 N–H and O–H groups in total. The summed E-state index contributed by atoms with van der Waals surface area (Å²) >= 11 is 0. The molecular weight excluding hydrogens is 168 g/mol. The minimum absolute atomic E-state index is 0.161. The van der Waals surface area contributed by atoms with Crippen LogP contribution < -0.4 is 16.8 Å². The molecule has 0 spiro atoms. The molecule has 0 rings (SSSR count). The first-order valence-corrected chi connectivity index (χ1v) is 4.61. The molecule has 0 saturated carbocycles. The molecule has 0 radical (unpaired) electrons. The molecule has 0 aliphatic rings. The molecule has 0 unspecified atom stereocenters. The van der Waals surface area contributed by atoms with Crippen LogP contribution in [0.25, 0.3) is 0 Å². The zero-order chi connectivity index (χ0) is 9.94. The van der Waals surface area contributed by atoms with E-state index >= 15 is 0 Å². The van der Waals surface area contributed by atoms with Gasteiger partial charge >= 0.3 is 0 Å². The molecule has 0 fully saturated rings. The van der Waals surface area contributed by atoms with Gasteiger partial charge in [-0.05, 0) is 19.9 Å². The Hall–Kier alpha value is -0.810. The Balaban J connectivity index is 2.96. The number of guanidine groups is 1. The Bertz CT molecular complexity index is 134. The smallest absolute Gasteiger partial charge is 0.185 e. The van der Waals surface area contributed by atoms with E-state index in [1.807, 2.05) is 6.92 Å². The van der Waals surface area contributed by atoms with Gasteiger partial charge in [-0.1, -0.05) is 0 Å². The van der Waals surface area contributed by atoms with Crippen molar-refractivity contribution >= 4 is 5.96 Å². The van der Waals surface area contributed by atoms with E-state index in [-0.39, 0.29) is 5.96 Å². The Morgan fingerprint density at radius 1 is 1.38 bits per heavy atom. The van der Waals surface area contributed by atoms with Gasteiger partial charge in [0.2, 0.25) is 0 Å². The number of aliphatic imine (C=N–C) groups is 1. The topological polar surface area (TPSA) is 85.7 Å². The van der Waals surface area contributed by atoms with Crippen molar-refractivity contribution in [2.45, 2.75) is 13.3 Å². The first-order chi connectivity index (χ1) is 6.27. The lowest BCUT2D eigenvalue weighted by Crippen LogP contribution is -2.24. The molecule has 0 aromatic rings. The van der Waals surface area contributed by atoms with E-state index in [4.69, 9.17) is 16.2 Å². The zero-order valence-corrected chi connectivity index (χ0v) is 8.25. The van der Waals surface area contributed by atoms with E-state index in [1.54, 1.807) is 0 Å². The van der Waals surface area contributed by atoms with Gasteiger partial charge in [0.15, 0.2) is 5.96 Å². The molecule has 0 aromatic carbocycles. The van der Waals surface area contributed by atoms with E-state index < -0.39 is 0 Å². The summed E-state index contributed by atoms with van der Waals surface area (Å²) in [5, 5.41) is 3.22. The van der Waals surface area contributed by atoms with E-state index in [0.717, 1.165) is 32.7 Å². The maximum Gasteiger partial charge on any atom is 0.185 e. The first kappa shape index (κ1) is 12.2. The van der Waals surface area contributed by atoms with Gasteiger partial charge in [0.1, 0.15) is 0 Å². The van der Waals surface area contributed by atoms with Crippen LogP contribution in [0.5, 0.6) is 0 Å². The van der Waals surface area contributed by atoms with Crippen LogP contribution in [-0.4, -0.2) is 38.8 Å². The summed E-state index contributed by atoms with van der Waals surface area (Å²) < 4.78 is 5.15. The summed E-state index contributed by atoms with van der Waals surface area (Å²) in [5.74, 6) is 0.161. The molecule has 0 aliphatic carbocycles. The quantitative estimate of drug-likeness (QED) is 0.266. The van der Waals surface area contributed by atoms with Crippen LogP contribution in [0.2, 0.25) is 0 Å². The lowest BCUT2D eigenvalue weighted by atomic mass is 10.4. The third-order valence-corrected chi connectivity index (χ3v) is 1.43. The molecule has 0 aromatic heterocycles. The van der Waals surface area contributed by atoms with Crippen molar-refractivity contribution in [2.75, 3.05) is 32.8 Å². The molecule has 5 heteroatoms. The number of hydrogen-bond donors (Lipinski definition) is 3. The maximum atomic E-state index is 5.16. The number of rotatable bonds is 8. The highest BCUT2D eigenvalue weighted by Crippen LogP contribution is 1.78. The van der Waals surface area contributed by atoms with Crippen molar-refractivity contribution < 1.29 is 4.74 Å². The van der Waals surface area contributed by atoms with Gasteiger partial charge in [0, 0.05) is 19.7 Å². The van der Waals surface area contributed by atoms with Crippen molar-refractivity contribution in [3.05, 3.63) is 0 Å². The SMILES string of the molecule is CCOCCNCCCN=C(N)N. The molecular formula is C8H20N4O. The predicted molar refractivity (Wildman–Crippen MR) is 54.7 cm³/mol. The predicted octanol–water partition coefficient (Wildman–Crippen LogP) is -0.724. The average molecular weight is 188 g/mol. The second-order valence-corrected chi connectivity index (χ2v) is 2.61. The van der Waals surface area contributed by atoms with Crippen LogP contribution in [0.4, 0.5) is 0 Å². The third kappa shape index (κ3) is 11.2. The van der Waals surface area contributed by atoms with Crippen LogP contribution in [-0.2, 0) is 4.74 Å². The van der Waals surface area contributed by atoms with Crippen LogP contribution >= 0.6 is 0 Å². The highest BCUT2D eigenvalue weighted by molar-refractivity contribution is 5.75. The molecule has 78 valence electrons. The van der Waals surface area contributed by atoms with Crippen molar-refractivity contribution in [2.24, 2.45) is 16.5 Å². The largest absolute Gasteiger partial charge is 0.380 e. The normalized spacial score (nSPS) is 9.92. The molecule has 0 bridgehead atoms. The van der Waals surface area contributed by atoms with Crippen molar-refractivity contribution in [1.29, 1.82) is 0 Å². The lowest BCUT2D eigenvalue weighted by molar-refractivity contribution is 0.149. The lowest BCUT2D eigenvalue weighted by Gasteiger charge is -2.03. The fourth-order valence-electron chi connectivity index (χ4n) is 0.826. The second-order valence-electron chi connectivity index (χ2n) is 2.61. The van der Waals surface area contributed by atoms with Gasteiger partial charge in [-0.25, -0.2) is 0 Å². The van der Waals surface area contributed by atoms with Crippen LogP contribution in [0.1, 0.15) is 13.3 Å². The van der Waals surface area contributed by atoms with Crippen LogP contribution in [0.15, 0.2) is 4.99 Å². The van der Waals surface area contributed by atoms with Crippen LogP contribution in [0, 0.1) is 0 Å². The summed E-state index contributed by atoms with van der Waals surface area (Å²) in [6.45, 7) is 6.01. The summed E-state index contributed by atoms with van der Waals surface area (Å²) in [4.78, 5) is 3.86. The first-order valence-electron chi connectivity index (χ1n) is 4.61. The maximum absolute atomic E-state index is 5.16. The van der Waals surface area contributed by atoms with E-state index in [2.05, 4.69) is 10.3 Å². The molecule has 0 aliphatic heterocycles. The molecule has 0 heterocycles. The fraction of sp³-hybridized carbons (Fsp3) is 0.875. The van der Waals surface area contributed by atoms with Gasteiger partial charge in [-0.3, -0.25) is 4.99 Å². The number of nitrogens with zero attached hydrogens (tertiary/aromatic N) is 1. The molecule has 5 nitrogen and oxygen atoms in total. The van der Waals surface area contributed by atoms with Gasteiger partial charge in [0.05, 0.1) is 6.61 Å². The van der Waals surface area contributed by atoms with Gasteiger partial charge in [-0.2, -0.15) is 0 Å². The monoisotopic (exact) mass is 188 g/mol. The van der Waals surface area contributed by atoms with E-state index in [1.165, 1.54) is 0 Å². The minimum atomic E-state index is 0.161. The minimum Gasteiger partial charge on any atom is -0.380 e. The van der Waals surface area contributed by atoms with Gasteiger partial charge in [0.25, 0.3) is 0 Å². The molecule has 0 saturated heterocycles. The summed E-state index contributed by atoms with van der Waals surface area (Å²) in [5.41, 5.74) is 10.3. The standard InChI is InChI=1S/C8H20N4O/c1-2-13-7-6-11-4-3-5-12-8(9)10/h11H,2-7H2,1H3,(H4,9,10,12). The second kappa shape index (κ2) is 9.28. The molecule has 0 amide bonds. The van der Waals surface area contributed by atoms with Gasteiger partial charge < -0.3 is 21.5 Å². The molecule has 0 atom stereocenters. The highest BCUT2D eigenvalue weighted by atomic mass is 16.5. The number of hydrogen-bond acceptors (Lipinski definition) is 3. The van der Waals surface area contributed by atoms with E-state index in [9.17, 15) is 0 Å². The van der Waals surface area contributed by atoms with Crippen molar-refractivity contribution in [3.63, 3.8) is 0 Å². The summed E-state index contributed by atoms with van der Waals surface area (Å²) in [6, 6.07) is 0. The Labute approximate surface area is 79.5 Å². The van der Waals surface area contributed by atoms with Gasteiger partial charge in [-0.15, -0.1) is 0 Å². The Kier molecular flexibility index (Phi) is 8.70. The van der Waals surface area contributed by atoms with E-state index in [0.29, 0.717) is 6.54 Å². The van der Waals surface area contributed by atoms with Crippen molar-refractivity contribution in [3.8, 4) is 0 Å². The number of nitrogens with two attached hydrogens (primary N) is 2. The van der Waals surface area contributed by atoms with Crippen LogP contribution in [0.3, 0.4) is 0 Å². The highest BCUT2D eigenvalue weighted by Gasteiger charge is 1.87.